The van der Waals surface area contributed by atoms with Crippen molar-refractivity contribution >= 4 is 17.4 Å². The van der Waals surface area contributed by atoms with Crippen LogP contribution in [0.4, 0.5) is 0 Å². The Bertz CT molecular complexity index is 1110. The quantitative estimate of drug-likeness (QED) is 0.602. The highest BCUT2D eigenvalue weighted by Gasteiger charge is 2.14. The van der Waals surface area contributed by atoms with Crippen LogP contribution in [0.1, 0.15) is 28.2 Å². The largest absolute Gasteiger partial charge is 0.277 e. The number of aryl methyl sites for hydroxylation is 1. The second kappa shape index (κ2) is 6.77. The van der Waals surface area contributed by atoms with Crippen LogP contribution in [0.5, 0.6) is 0 Å². The van der Waals surface area contributed by atoms with Crippen molar-refractivity contribution in [2.75, 3.05) is 0 Å². The Balaban J connectivity index is 1.71. The summed E-state index contributed by atoms with van der Waals surface area (Å²) in [6, 6.07) is 17.5. The number of fused-ring (bicyclic) bond motifs is 1. The Kier molecular flexibility index (Phi) is 4.31. The lowest BCUT2D eigenvalue weighted by Gasteiger charge is -2.04. The predicted octanol–water partition coefficient (Wildman–Crippen LogP) is 3.56. The molecule has 0 bridgehead atoms. The van der Waals surface area contributed by atoms with E-state index in [-0.39, 0.29) is 5.56 Å². The van der Waals surface area contributed by atoms with Gasteiger partial charge in [-0.2, -0.15) is 9.50 Å². The Morgan fingerprint density at radius 1 is 0.962 bits per heavy atom. The second-order valence-corrected chi connectivity index (χ2v) is 6.69. The van der Waals surface area contributed by atoms with E-state index in [1.54, 1.807) is 0 Å². The molecule has 2 aromatic carbocycles. The number of rotatable bonds is 4. The maximum absolute atomic E-state index is 12.9. The predicted molar refractivity (Wildman–Crippen MR) is 102 cm³/mol. The van der Waals surface area contributed by atoms with Crippen molar-refractivity contribution in [3.05, 3.63) is 98.2 Å². The van der Waals surface area contributed by atoms with Crippen molar-refractivity contribution in [3.8, 4) is 0 Å². The zero-order valence-corrected chi connectivity index (χ0v) is 15.0. The van der Waals surface area contributed by atoms with E-state index in [1.807, 2.05) is 61.5 Å². The van der Waals surface area contributed by atoms with Gasteiger partial charge in [0.25, 0.3) is 11.3 Å². The van der Waals surface area contributed by atoms with Crippen LogP contribution in [-0.4, -0.2) is 19.6 Å². The van der Waals surface area contributed by atoms with Crippen molar-refractivity contribution in [1.29, 1.82) is 0 Å². The first kappa shape index (κ1) is 16.5. The zero-order chi connectivity index (χ0) is 18.1. The van der Waals surface area contributed by atoms with Crippen molar-refractivity contribution in [3.63, 3.8) is 0 Å². The van der Waals surface area contributed by atoms with E-state index < -0.39 is 0 Å². The van der Waals surface area contributed by atoms with Gasteiger partial charge in [-0.3, -0.25) is 9.89 Å². The summed E-state index contributed by atoms with van der Waals surface area (Å²) in [5.41, 5.74) is 3.42. The molecule has 6 heteroatoms. The smallest absolute Gasteiger partial charge is 0.275 e. The van der Waals surface area contributed by atoms with Crippen molar-refractivity contribution in [2.45, 2.75) is 19.8 Å². The molecular weight excluding hydrogens is 348 g/mol. The number of nitrogens with zero attached hydrogens (tertiary/aromatic N) is 3. The minimum Gasteiger partial charge on any atom is -0.275 e. The molecule has 0 aliphatic heterocycles. The van der Waals surface area contributed by atoms with Crippen LogP contribution in [0.3, 0.4) is 0 Å². The van der Waals surface area contributed by atoms with Crippen LogP contribution in [-0.2, 0) is 12.8 Å². The summed E-state index contributed by atoms with van der Waals surface area (Å²) in [7, 11) is 0. The van der Waals surface area contributed by atoms with Gasteiger partial charge in [0.2, 0.25) is 0 Å². The zero-order valence-electron chi connectivity index (χ0n) is 14.2. The monoisotopic (exact) mass is 364 g/mol. The summed E-state index contributed by atoms with van der Waals surface area (Å²) in [5.74, 6) is 1.08. The minimum atomic E-state index is -0.105. The number of benzene rings is 2. The van der Waals surface area contributed by atoms with Crippen LogP contribution in [0.15, 0.2) is 59.4 Å². The van der Waals surface area contributed by atoms with E-state index >= 15 is 0 Å². The Morgan fingerprint density at radius 2 is 1.65 bits per heavy atom. The van der Waals surface area contributed by atoms with Gasteiger partial charge in [-0.05, 0) is 30.2 Å². The summed E-state index contributed by atoms with van der Waals surface area (Å²) in [6.07, 6.45) is 1.13. The molecule has 0 saturated heterocycles. The number of aromatic nitrogens is 4. The average molecular weight is 365 g/mol. The fourth-order valence-corrected chi connectivity index (χ4v) is 3.10. The third kappa shape index (κ3) is 3.26. The Labute approximate surface area is 155 Å². The fourth-order valence-electron chi connectivity index (χ4n) is 2.98. The maximum Gasteiger partial charge on any atom is 0.277 e. The second-order valence-electron chi connectivity index (χ2n) is 6.25. The van der Waals surface area contributed by atoms with E-state index in [9.17, 15) is 4.79 Å². The van der Waals surface area contributed by atoms with Gasteiger partial charge >= 0.3 is 0 Å². The SMILES string of the molecule is Cc1nc2nc(Cc3ccc(Cl)cc3)[nH]n2c(=O)c1Cc1ccccc1. The molecule has 4 rings (SSSR count). The summed E-state index contributed by atoms with van der Waals surface area (Å²) >= 11 is 5.92. The van der Waals surface area contributed by atoms with E-state index in [1.165, 1.54) is 4.52 Å². The Hall–Kier alpha value is -2.92. The molecule has 0 aliphatic carbocycles. The molecule has 2 heterocycles. The van der Waals surface area contributed by atoms with Crippen LogP contribution >= 0.6 is 11.6 Å². The molecule has 26 heavy (non-hydrogen) atoms. The standard InChI is InChI=1S/C20H17ClN4O/c1-13-17(11-14-5-3-2-4-6-14)19(26)25-20(22-13)23-18(24-25)12-15-7-9-16(21)10-8-15/h2-10H,11-12H2,1H3,(H,22,23,24). The van der Waals surface area contributed by atoms with Gasteiger partial charge in [0, 0.05) is 23.4 Å². The van der Waals surface area contributed by atoms with E-state index in [4.69, 9.17) is 11.6 Å². The molecule has 0 saturated carbocycles. The normalized spacial score (nSPS) is 11.2. The van der Waals surface area contributed by atoms with Crippen LogP contribution in [0.2, 0.25) is 5.02 Å². The molecule has 0 fully saturated rings. The molecule has 5 nitrogen and oxygen atoms in total. The van der Waals surface area contributed by atoms with E-state index in [0.717, 1.165) is 11.1 Å². The molecule has 0 atom stereocenters. The molecule has 0 radical (unpaired) electrons. The lowest BCUT2D eigenvalue weighted by atomic mass is 10.1. The minimum absolute atomic E-state index is 0.105. The van der Waals surface area contributed by atoms with Crippen LogP contribution < -0.4 is 5.56 Å². The van der Waals surface area contributed by atoms with Gasteiger partial charge in [0.15, 0.2) is 0 Å². The highest BCUT2D eigenvalue weighted by atomic mass is 35.5. The Morgan fingerprint density at radius 3 is 2.38 bits per heavy atom. The number of halogens is 1. The van der Waals surface area contributed by atoms with Gasteiger partial charge in [0.05, 0.1) is 5.69 Å². The molecule has 0 amide bonds. The van der Waals surface area contributed by atoms with Gasteiger partial charge in [-0.15, -0.1) is 0 Å². The maximum atomic E-state index is 12.9. The first-order valence-corrected chi connectivity index (χ1v) is 8.73. The van der Waals surface area contributed by atoms with Gasteiger partial charge in [-0.25, -0.2) is 4.98 Å². The molecular formula is C20H17ClN4O. The average Bonchev–Trinajstić information content (AvgIpc) is 3.04. The van der Waals surface area contributed by atoms with Crippen LogP contribution in [0.25, 0.3) is 5.78 Å². The number of hydrogen-bond donors (Lipinski definition) is 1. The molecule has 130 valence electrons. The summed E-state index contributed by atoms with van der Waals surface area (Å²) < 4.78 is 1.43. The third-order valence-corrected chi connectivity index (χ3v) is 4.60. The lowest BCUT2D eigenvalue weighted by Crippen LogP contribution is -2.22. The molecule has 2 aromatic heterocycles. The highest BCUT2D eigenvalue weighted by Crippen LogP contribution is 2.13. The lowest BCUT2D eigenvalue weighted by molar-refractivity contribution is 0.836. The van der Waals surface area contributed by atoms with E-state index in [0.29, 0.717) is 40.7 Å². The van der Waals surface area contributed by atoms with Crippen molar-refractivity contribution in [2.24, 2.45) is 0 Å². The summed E-state index contributed by atoms with van der Waals surface area (Å²) in [6.45, 7) is 1.85. The molecule has 0 aliphatic rings. The summed E-state index contributed by atoms with van der Waals surface area (Å²) in [4.78, 5) is 21.9. The summed E-state index contributed by atoms with van der Waals surface area (Å²) in [5, 5.41) is 3.77. The first-order valence-electron chi connectivity index (χ1n) is 8.35. The number of nitrogens with one attached hydrogen (secondary N) is 1. The van der Waals surface area contributed by atoms with Crippen LogP contribution in [0, 0.1) is 6.92 Å². The highest BCUT2D eigenvalue weighted by molar-refractivity contribution is 6.30. The van der Waals surface area contributed by atoms with Gasteiger partial charge in [-0.1, -0.05) is 54.1 Å². The number of hydrogen-bond acceptors (Lipinski definition) is 3. The first-order chi connectivity index (χ1) is 12.6. The molecule has 0 unspecified atom stereocenters. The van der Waals surface area contributed by atoms with Gasteiger partial charge < -0.3 is 0 Å². The third-order valence-electron chi connectivity index (χ3n) is 4.35. The fraction of sp³-hybridized carbons (Fsp3) is 0.150. The molecule has 0 spiro atoms. The molecule has 1 N–H and O–H groups in total. The van der Waals surface area contributed by atoms with Crippen molar-refractivity contribution < 1.29 is 0 Å². The number of H-pyrrole nitrogens is 1. The number of aromatic amines is 1. The molecule has 4 aromatic rings. The van der Waals surface area contributed by atoms with Gasteiger partial charge in [0.1, 0.15) is 5.82 Å². The van der Waals surface area contributed by atoms with Crippen molar-refractivity contribution in [1.82, 2.24) is 19.6 Å². The van der Waals surface area contributed by atoms with E-state index in [2.05, 4.69) is 15.1 Å². The topological polar surface area (TPSA) is 63.1 Å².